The molecule has 11 aromatic carbocycles. The molecule has 0 amide bonds. The Labute approximate surface area is 476 Å². The number of anilines is 8. The second-order valence-electron chi connectivity index (χ2n) is 23.5. The summed E-state index contributed by atoms with van der Waals surface area (Å²) in [6.07, 6.45) is 0. The van der Waals surface area contributed by atoms with Crippen LogP contribution in [-0.2, 0) is 10.8 Å². The fourth-order valence-electron chi connectivity index (χ4n) is 11.8. The van der Waals surface area contributed by atoms with Gasteiger partial charge in [-0.1, -0.05) is 217 Å². The lowest BCUT2D eigenvalue weighted by atomic mass is 9.57. The van der Waals surface area contributed by atoms with Crippen molar-refractivity contribution in [3.05, 3.63) is 265 Å². The number of nitrogens with one attached hydrogen (secondary N) is 1. The van der Waals surface area contributed by atoms with Crippen LogP contribution < -0.4 is 26.0 Å². The van der Waals surface area contributed by atoms with Crippen LogP contribution >= 0.6 is 11.3 Å². The van der Waals surface area contributed by atoms with E-state index in [2.05, 4.69) is 312 Å². The number of rotatable bonds is 10. The summed E-state index contributed by atoms with van der Waals surface area (Å²) in [5.74, 6) is 0. The minimum Gasteiger partial charge on any atom is -0.355 e. The highest BCUT2D eigenvalue weighted by Crippen LogP contribution is 2.49. The number of thiophene rings is 1. The molecule has 1 N–H and O–H groups in total. The van der Waals surface area contributed by atoms with Gasteiger partial charge >= 0.3 is 0 Å². The lowest BCUT2D eigenvalue weighted by molar-refractivity contribution is 0.590. The number of nitrogens with zero attached hydrogens (tertiary/aromatic N) is 2. The zero-order valence-corrected chi connectivity index (χ0v) is 47.5. The molecule has 388 valence electrons. The summed E-state index contributed by atoms with van der Waals surface area (Å²) in [5, 5.41) is 6.59. The highest BCUT2D eigenvalue weighted by Gasteiger charge is 2.33. The van der Waals surface area contributed by atoms with Gasteiger partial charge in [0.05, 0.1) is 0 Å². The first-order valence-corrected chi connectivity index (χ1v) is 28.8. The zero-order valence-electron chi connectivity index (χ0n) is 46.7. The van der Waals surface area contributed by atoms with E-state index in [0.717, 1.165) is 47.0 Å². The molecule has 0 spiro atoms. The van der Waals surface area contributed by atoms with Crippen molar-refractivity contribution in [3.63, 3.8) is 0 Å². The van der Waals surface area contributed by atoms with Gasteiger partial charge in [-0.25, -0.2) is 0 Å². The number of hydrogen-bond acceptors (Lipinski definition) is 4. The molecule has 1 aromatic heterocycles. The largest absolute Gasteiger partial charge is 0.355 e. The smallest absolute Gasteiger partial charge is 0.198 e. The molecular weight excluding hydrogens is 986 g/mol. The molecular formula is C75H64BN3S. The van der Waals surface area contributed by atoms with Crippen LogP contribution in [0.2, 0.25) is 0 Å². The van der Waals surface area contributed by atoms with Crippen molar-refractivity contribution in [1.29, 1.82) is 0 Å². The summed E-state index contributed by atoms with van der Waals surface area (Å²) in [6, 6.07) is 92.2. The Morgan fingerprint density at radius 1 is 0.425 bits per heavy atom. The summed E-state index contributed by atoms with van der Waals surface area (Å²) < 4.78 is 2.53. The van der Waals surface area contributed by atoms with E-state index >= 15 is 0 Å². The first kappa shape index (κ1) is 50.6. The SMILES string of the molecule is Cc1cc(-c2ccccc2)ccc1N1c2cc(N(c3ccc(C(C)(C)C)cc3)c3ccc(C(C)(C)C)cc3)ccc2Bc2c1cc1sc3ccccc3c1c2-c1ccc(-c2ccccc2)cc1Nc1ccc(-c2ccccc2)cc1. The lowest BCUT2D eigenvalue weighted by Gasteiger charge is -2.37. The molecule has 12 aromatic rings. The molecule has 1 aliphatic rings. The van der Waals surface area contributed by atoms with Crippen LogP contribution in [0.4, 0.5) is 45.5 Å². The summed E-state index contributed by atoms with van der Waals surface area (Å²) in [5.41, 5.74) is 25.0. The fraction of sp³-hybridized carbons (Fsp3) is 0.120. The first-order chi connectivity index (χ1) is 38.8. The molecule has 5 heteroatoms. The molecule has 0 unspecified atom stereocenters. The maximum absolute atomic E-state index is 4.02. The van der Waals surface area contributed by atoms with Crippen LogP contribution in [0.5, 0.6) is 0 Å². The average molecular weight is 1050 g/mol. The van der Waals surface area contributed by atoms with Crippen molar-refractivity contribution in [2.24, 2.45) is 0 Å². The molecule has 0 radical (unpaired) electrons. The predicted molar refractivity (Wildman–Crippen MR) is 349 cm³/mol. The first-order valence-electron chi connectivity index (χ1n) is 28.0. The predicted octanol–water partition coefficient (Wildman–Crippen LogP) is 20.0. The molecule has 0 fully saturated rings. The Morgan fingerprint density at radius 2 is 0.938 bits per heavy atom. The van der Waals surface area contributed by atoms with Gasteiger partial charge in [0.2, 0.25) is 0 Å². The molecule has 1 aliphatic heterocycles. The normalized spacial score (nSPS) is 12.3. The maximum Gasteiger partial charge on any atom is 0.198 e. The van der Waals surface area contributed by atoms with Crippen molar-refractivity contribution in [2.75, 3.05) is 15.1 Å². The maximum atomic E-state index is 4.02. The third-order valence-electron chi connectivity index (χ3n) is 16.1. The molecule has 0 aliphatic carbocycles. The Kier molecular flexibility index (Phi) is 12.9. The van der Waals surface area contributed by atoms with Crippen LogP contribution in [0.15, 0.2) is 249 Å². The van der Waals surface area contributed by atoms with Crippen molar-refractivity contribution in [1.82, 2.24) is 0 Å². The van der Waals surface area contributed by atoms with Crippen LogP contribution in [0.25, 0.3) is 64.7 Å². The summed E-state index contributed by atoms with van der Waals surface area (Å²) in [4.78, 5) is 5.03. The van der Waals surface area contributed by atoms with Gasteiger partial charge in [0.25, 0.3) is 0 Å². The molecule has 0 saturated heterocycles. The van der Waals surface area contributed by atoms with E-state index < -0.39 is 0 Å². The van der Waals surface area contributed by atoms with Crippen LogP contribution in [0, 0.1) is 6.92 Å². The van der Waals surface area contributed by atoms with E-state index in [0.29, 0.717) is 0 Å². The summed E-state index contributed by atoms with van der Waals surface area (Å²) >= 11 is 1.89. The summed E-state index contributed by atoms with van der Waals surface area (Å²) in [6.45, 7) is 16.0. The standard InChI is InChI=1S/C75H64BN3S/c1-49-45-54(51-21-13-9-14-22-51)30-44-66(49)79-67-47-61(78(59-37-31-56(32-38-59)74(2,3)4)60-39-33-57(34-40-60)75(5,6)7)41-43-64(67)76-73-68(79)48-70-71(63-25-17-18-26-69(63)80-70)72(73)62-42-29-55(52-23-15-10-16-24-52)46-65(62)77-58-35-27-53(28-36-58)50-19-11-8-12-20-50/h8-48,76-77H,1-7H3. The van der Waals surface area contributed by atoms with Gasteiger partial charge < -0.3 is 15.1 Å². The molecule has 80 heavy (non-hydrogen) atoms. The second-order valence-corrected chi connectivity index (χ2v) is 24.6. The van der Waals surface area contributed by atoms with Gasteiger partial charge in [0, 0.05) is 71.2 Å². The van der Waals surface area contributed by atoms with Gasteiger partial charge in [-0.2, -0.15) is 0 Å². The minimum absolute atomic E-state index is 0.0267. The molecule has 0 bridgehead atoms. The van der Waals surface area contributed by atoms with Crippen LogP contribution in [0.3, 0.4) is 0 Å². The number of aryl methyl sites for hydroxylation is 1. The van der Waals surface area contributed by atoms with E-state index in [1.165, 1.54) is 98.1 Å². The Balaban J connectivity index is 1.05. The highest BCUT2D eigenvalue weighted by molar-refractivity contribution is 7.26. The lowest BCUT2D eigenvalue weighted by Crippen LogP contribution is -2.41. The van der Waals surface area contributed by atoms with Crippen molar-refractivity contribution in [3.8, 4) is 44.5 Å². The van der Waals surface area contributed by atoms with Gasteiger partial charge in [-0.15, -0.1) is 11.3 Å². The van der Waals surface area contributed by atoms with Crippen molar-refractivity contribution >= 4 is 95.2 Å². The molecule has 0 saturated carbocycles. The van der Waals surface area contributed by atoms with Gasteiger partial charge in [0.15, 0.2) is 7.28 Å². The van der Waals surface area contributed by atoms with Crippen LogP contribution in [-0.4, -0.2) is 7.28 Å². The molecule has 3 nitrogen and oxygen atoms in total. The fourth-order valence-corrected chi connectivity index (χ4v) is 13.0. The van der Waals surface area contributed by atoms with E-state index in [9.17, 15) is 0 Å². The van der Waals surface area contributed by atoms with Crippen molar-refractivity contribution < 1.29 is 0 Å². The monoisotopic (exact) mass is 1050 g/mol. The second kappa shape index (κ2) is 20.4. The Bertz CT molecular complexity index is 4170. The Hall–Kier alpha value is -8.90. The topological polar surface area (TPSA) is 18.5 Å². The average Bonchev–Trinajstić information content (AvgIpc) is 3.93. The van der Waals surface area contributed by atoms with E-state index in [-0.39, 0.29) is 10.8 Å². The highest BCUT2D eigenvalue weighted by atomic mass is 32.1. The number of hydrogen-bond donors (Lipinski definition) is 1. The molecule has 2 heterocycles. The van der Waals surface area contributed by atoms with Crippen LogP contribution in [0.1, 0.15) is 58.2 Å². The molecule has 13 rings (SSSR count). The Morgan fingerprint density at radius 3 is 1.52 bits per heavy atom. The van der Waals surface area contributed by atoms with Gasteiger partial charge in [-0.05, 0) is 158 Å². The quantitative estimate of drug-likeness (QED) is 0.138. The summed E-state index contributed by atoms with van der Waals surface area (Å²) in [7, 11) is 0.740. The van der Waals surface area contributed by atoms with E-state index in [1.54, 1.807) is 0 Å². The van der Waals surface area contributed by atoms with Gasteiger partial charge in [0.1, 0.15) is 0 Å². The van der Waals surface area contributed by atoms with Gasteiger partial charge in [-0.3, -0.25) is 0 Å². The molecule has 0 atom stereocenters. The minimum atomic E-state index is 0.0267. The third kappa shape index (κ3) is 9.56. The number of benzene rings is 11. The van der Waals surface area contributed by atoms with E-state index in [4.69, 9.17) is 0 Å². The zero-order chi connectivity index (χ0) is 54.7. The third-order valence-corrected chi connectivity index (χ3v) is 17.2. The van der Waals surface area contributed by atoms with Crippen molar-refractivity contribution in [2.45, 2.75) is 59.3 Å². The number of fused-ring (bicyclic) bond motifs is 5. The van der Waals surface area contributed by atoms with E-state index in [1.807, 2.05) is 11.3 Å².